The molecule has 1 fully saturated rings. The number of halogens is 4. The molecule has 0 saturated heterocycles. The van der Waals surface area contributed by atoms with E-state index < -0.39 is 11.7 Å². The molecule has 0 atom stereocenters. The Labute approximate surface area is 155 Å². The molecule has 0 spiro atoms. The van der Waals surface area contributed by atoms with Crippen molar-refractivity contribution in [2.45, 2.75) is 32.2 Å². The van der Waals surface area contributed by atoms with Crippen LogP contribution in [0.1, 0.15) is 24.1 Å². The first kappa shape index (κ1) is 17.3. The van der Waals surface area contributed by atoms with Crippen LogP contribution in [0.15, 0.2) is 34.9 Å². The largest absolute Gasteiger partial charge is 0.486 e. The summed E-state index contributed by atoms with van der Waals surface area (Å²) in [6, 6.07) is 5.98. The van der Waals surface area contributed by atoms with Gasteiger partial charge in [0.25, 0.3) is 0 Å². The van der Waals surface area contributed by atoms with Gasteiger partial charge in [-0.1, -0.05) is 5.21 Å². The molecule has 1 aliphatic carbocycles. The second kappa shape index (κ2) is 6.53. The molecule has 1 saturated carbocycles. The Kier molecular flexibility index (Phi) is 4.34. The van der Waals surface area contributed by atoms with E-state index in [0.29, 0.717) is 27.4 Å². The number of nitrogens with zero attached hydrogens (tertiary/aromatic N) is 4. The Morgan fingerprint density at radius 1 is 1.19 bits per heavy atom. The molecule has 3 aromatic rings. The van der Waals surface area contributed by atoms with Gasteiger partial charge >= 0.3 is 6.18 Å². The van der Waals surface area contributed by atoms with Crippen molar-refractivity contribution in [1.82, 2.24) is 20.0 Å². The van der Waals surface area contributed by atoms with Gasteiger partial charge in [-0.2, -0.15) is 13.2 Å². The van der Waals surface area contributed by atoms with E-state index >= 15 is 0 Å². The van der Waals surface area contributed by atoms with E-state index in [1.54, 1.807) is 6.07 Å². The van der Waals surface area contributed by atoms with Crippen molar-refractivity contribution in [3.8, 4) is 5.75 Å². The molecule has 4 rings (SSSR count). The minimum absolute atomic E-state index is 0.0540. The molecule has 9 heteroatoms. The Morgan fingerprint density at radius 2 is 2.00 bits per heavy atom. The molecule has 0 amide bonds. The van der Waals surface area contributed by atoms with Crippen molar-refractivity contribution in [2.75, 3.05) is 0 Å². The smallest absolute Gasteiger partial charge is 0.417 e. The van der Waals surface area contributed by atoms with Crippen molar-refractivity contribution in [2.24, 2.45) is 5.92 Å². The number of aromatic nitrogens is 4. The summed E-state index contributed by atoms with van der Waals surface area (Å²) in [7, 11) is 0. The first-order valence-electron chi connectivity index (χ1n) is 8.08. The Bertz CT molecular complexity index is 936. The minimum Gasteiger partial charge on any atom is -0.486 e. The van der Waals surface area contributed by atoms with Crippen LogP contribution in [0.5, 0.6) is 5.75 Å². The summed E-state index contributed by atoms with van der Waals surface area (Å²) in [4.78, 5) is 3.80. The zero-order chi connectivity index (χ0) is 18.3. The lowest BCUT2D eigenvalue weighted by atomic mass is 10.2. The SMILES string of the molecule is FC(F)(F)c1ccc(COc2ccc3c(nnn3CC3CC3)c2Br)nc1. The summed E-state index contributed by atoms with van der Waals surface area (Å²) in [6.07, 6.45) is -1.14. The third-order valence-electron chi connectivity index (χ3n) is 4.25. The molecule has 0 radical (unpaired) electrons. The summed E-state index contributed by atoms with van der Waals surface area (Å²) in [5.74, 6) is 1.22. The summed E-state index contributed by atoms with van der Waals surface area (Å²) >= 11 is 3.48. The average molecular weight is 427 g/mol. The summed E-state index contributed by atoms with van der Waals surface area (Å²) in [6.45, 7) is 0.914. The van der Waals surface area contributed by atoms with Crippen LogP contribution in [0.25, 0.3) is 11.0 Å². The van der Waals surface area contributed by atoms with Crippen LogP contribution in [-0.2, 0) is 19.3 Å². The molecule has 0 aliphatic heterocycles. The zero-order valence-electron chi connectivity index (χ0n) is 13.5. The van der Waals surface area contributed by atoms with Crippen LogP contribution < -0.4 is 4.74 Å². The quantitative estimate of drug-likeness (QED) is 0.598. The maximum absolute atomic E-state index is 12.6. The summed E-state index contributed by atoms with van der Waals surface area (Å²) in [5.41, 5.74) is 1.24. The van der Waals surface area contributed by atoms with E-state index in [4.69, 9.17) is 4.74 Å². The van der Waals surface area contributed by atoms with Gasteiger partial charge in [0.15, 0.2) is 0 Å². The number of alkyl halides is 3. The third kappa shape index (κ3) is 3.53. The van der Waals surface area contributed by atoms with Crippen LogP contribution in [0.4, 0.5) is 13.2 Å². The van der Waals surface area contributed by atoms with Gasteiger partial charge in [-0.05, 0) is 59.0 Å². The molecule has 0 bridgehead atoms. The molecular weight excluding hydrogens is 413 g/mol. The lowest BCUT2D eigenvalue weighted by molar-refractivity contribution is -0.137. The summed E-state index contributed by atoms with van der Waals surface area (Å²) < 4.78 is 45.9. The number of pyridine rings is 1. The van der Waals surface area contributed by atoms with E-state index in [-0.39, 0.29) is 6.61 Å². The van der Waals surface area contributed by atoms with Crippen molar-refractivity contribution in [3.05, 3.63) is 46.2 Å². The number of ether oxygens (including phenoxy) is 1. The first-order valence-corrected chi connectivity index (χ1v) is 8.88. The predicted molar refractivity (Wildman–Crippen MR) is 91.5 cm³/mol. The molecule has 1 aliphatic rings. The zero-order valence-corrected chi connectivity index (χ0v) is 15.1. The highest BCUT2D eigenvalue weighted by molar-refractivity contribution is 9.10. The van der Waals surface area contributed by atoms with Gasteiger partial charge in [0.2, 0.25) is 0 Å². The van der Waals surface area contributed by atoms with E-state index in [0.717, 1.165) is 24.3 Å². The van der Waals surface area contributed by atoms with Crippen LogP contribution in [0, 0.1) is 5.92 Å². The second-order valence-corrected chi connectivity index (χ2v) is 7.08. The Morgan fingerprint density at radius 3 is 2.65 bits per heavy atom. The minimum atomic E-state index is -4.40. The van der Waals surface area contributed by atoms with E-state index in [1.165, 1.54) is 18.9 Å². The number of hydrogen-bond donors (Lipinski definition) is 0. The fourth-order valence-corrected chi connectivity index (χ4v) is 3.14. The monoisotopic (exact) mass is 426 g/mol. The van der Waals surface area contributed by atoms with Gasteiger partial charge in [0.05, 0.1) is 21.2 Å². The molecule has 1 aromatic carbocycles. The van der Waals surface area contributed by atoms with Gasteiger partial charge in [0, 0.05) is 12.7 Å². The van der Waals surface area contributed by atoms with Crippen LogP contribution in [0.2, 0.25) is 0 Å². The lowest BCUT2D eigenvalue weighted by Crippen LogP contribution is -2.07. The van der Waals surface area contributed by atoms with Gasteiger partial charge in [-0.25, -0.2) is 4.68 Å². The average Bonchev–Trinajstić information content (AvgIpc) is 3.33. The molecule has 136 valence electrons. The van der Waals surface area contributed by atoms with Crippen molar-refractivity contribution in [3.63, 3.8) is 0 Å². The number of hydrogen-bond acceptors (Lipinski definition) is 4. The van der Waals surface area contributed by atoms with Gasteiger partial charge in [-0.15, -0.1) is 5.10 Å². The molecule has 26 heavy (non-hydrogen) atoms. The fraction of sp³-hybridized carbons (Fsp3) is 0.353. The van der Waals surface area contributed by atoms with E-state index in [2.05, 4.69) is 31.2 Å². The molecular formula is C17H14BrF3N4O. The number of benzene rings is 1. The maximum Gasteiger partial charge on any atom is 0.417 e. The van der Waals surface area contributed by atoms with Crippen molar-refractivity contribution >= 4 is 27.0 Å². The van der Waals surface area contributed by atoms with Crippen molar-refractivity contribution < 1.29 is 17.9 Å². The first-order chi connectivity index (χ1) is 12.4. The Hall–Kier alpha value is -2.16. The lowest BCUT2D eigenvalue weighted by Gasteiger charge is -2.10. The highest BCUT2D eigenvalue weighted by Crippen LogP contribution is 2.35. The van der Waals surface area contributed by atoms with Gasteiger partial charge in [-0.3, -0.25) is 4.98 Å². The van der Waals surface area contributed by atoms with E-state index in [1.807, 2.05) is 10.7 Å². The second-order valence-electron chi connectivity index (χ2n) is 6.28. The molecule has 0 unspecified atom stereocenters. The van der Waals surface area contributed by atoms with Gasteiger partial charge < -0.3 is 4.74 Å². The highest BCUT2D eigenvalue weighted by Gasteiger charge is 2.30. The summed E-state index contributed by atoms with van der Waals surface area (Å²) in [5, 5.41) is 8.39. The third-order valence-corrected chi connectivity index (χ3v) is 5.01. The topological polar surface area (TPSA) is 52.8 Å². The standard InChI is InChI=1S/C17H14BrF3N4O/c18-15-14(26-9-12-4-3-11(7-22-12)17(19,20)21)6-5-13-16(15)23-24-25(13)8-10-1-2-10/h3-7,10H,1-2,8-9H2. The number of rotatable bonds is 5. The number of fused-ring (bicyclic) bond motifs is 1. The van der Waals surface area contributed by atoms with Crippen LogP contribution in [-0.4, -0.2) is 20.0 Å². The molecule has 0 N–H and O–H groups in total. The highest BCUT2D eigenvalue weighted by atomic mass is 79.9. The normalized spacial score (nSPS) is 14.8. The molecule has 2 aromatic heterocycles. The fourth-order valence-electron chi connectivity index (χ4n) is 2.61. The maximum atomic E-state index is 12.6. The molecule has 2 heterocycles. The van der Waals surface area contributed by atoms with Crippen LogP contribution in [0.3, 0.4) is 0 Å². The van der Waals surface area contributed by atoms with Crippen LogP contribution >= 0.6 is 15.9 Å². The predicted octanol–water partition coefficient (Wildman–Crippen LogP) is 4.60. The van der Waals surface area contributed by atoms with E-state index in [9.17, 15) is 13.2 Å². The van der Waals surface area contributed by atoms with Crippen molar-refractivity contribution in [1.29, 1.82) is 0 Å². The Balaban J connectivity index is 1.49. The van der Waals surface area contributed by atoms with Gasteiger partial charge in [0.1, 0.15) is 17.9 Å². The molecule has 5 nitrogen and oxygen atoms in total.